The van der Waals surface area contributed by atoms with Crippen molar-refractivity contribution in [2.45, 2.75) is 38.2 Å². The van der Waals surface area contributed by atoms with E-state index in [0.29, 0.717) is 4.57 Å². The maximum absolute atomic E-state index is 13.7. The number of methoxy groups -OCH3 is 2. The lowest BCUT2D eigenvalue weighted by molar-refractivity contribution is -0.151. The number of alkyl halides is 9. The predicted octanol–water partition coefficient (Wildman–Crippen LogP) is 6.02. The molecule has 2 rings (SSSR count). The molecular weight excluding hydrogens is 621 g/mol. The first-order valence-electron chi connectivity index (χ1n) is 9.56. The molecular formula is C19H14BrClF9N3O4. The second-order valence-corrected chi connectivity index (χ2v) is 8.13. The normalized spacial score (nSPS) is 13.5. The van der Waals surface area contributed by atoms with Crippen LogP contribution < -0.4 is 10.5 Å². The van der Waals surface area contributed by atoms with Crippen LogP contribution in [0, 0.1) is 0 Å². The molecule has 0 saturated carbocycles. The molecule has 0 N–H and O–H groups in total. The third kappa shape index (κ3) is 6.14. The summed E-state index contributed by atoms with van der Waals surface area (Å²) in [7, 11) is 1.52. The van der Waals surface area contributed by atoms with Crippen LogP contribution >= 0.6 is 27.5 Å². The molecule has 0 spiro atoms. The van der Waals surface area contributed by atoms with Gasteiger partial charge in [0.05, 0.1) is 28.4 Å². The van der Waals surface area contributed by atoms with Crippen LogP contribution in [-0.4, -0.2) is 36.0 Å². The molecule has 0 aliphatic rings. The van der Waals surface area contributed by atoms with Crippen molar-refractivity contribution in [1.82, 2.24) is 9.55 Å². The maximum atomic E-state index is 13.7. The summed E-state index contributed by atoms with van der Waals surface area (Å²) in [6.45, 7) is 0.659. The molecule has 0 aliphatic heterocycles. The van der Waals surface area contributed by atoms with Crippen LogP contribution in [0.25, 0.3) is 0 Å². The largest absolute Gasteiger partial charge is 0.466 e. The van der Waals surface area contributed by atoms with Gasteiger partial charge >= 0.3 is 24.5 Å². The van der Waals surface area contributed by atoms with Gasteiger partial charge in [0.1, 0.15) is 5.02 Å². The number of hydrogen-bond acceptors (Lipinski definition) is 6. The number of benzene rings is 1. The highest BCUT2D eigenvalue weighted by molar-refractivity contribution is 9.10. The fourth-order valence-corrected chi connectivity index (χ4v) is 3.97. The molecule has 1 unspecified atom stereocenters. The number of nitrogens with zero attached hydrogens (tertiary/aromatic N) is 3. The second kappa shape index (κ2) is 10.7. The zero-order chi connectivity index (χ0) is 28.7. The van der Waals surface area contributed by atoms with Gasteiger partial charge in [0.2, 0.25) is 12.2 Å². The quantitative estimate of drug-likeness (QED) is 0.220. The number of carbonyl (C=O) groups is 1. The fourth-order valence-electron chi connectivity index (χ4n) is 3.08. The molecule has 0 saturated heterocycles. The minimum Gasteiger partial charge on any atom is -0.466 e. The van der Waals surface area contributed by atoms with Gasteiger partial charge in [0, 0.05) is 13.7 Å². The van der Waals surface area contributed by atoms with Gasteiger partial charge in [0.15, 0.2) is 5.69 Å². The molecule has 7 nitrogen and oxygen atoms in total. The lowest BCUT2D eigenvalue weighted by Gasteiger charge is -2.33. The number of halogens is 11. The van der Waals surface area contributed by atoms with E-state index in [0.717, 1.165) is 14.2 Å². The van der Waals surface area contributed by atoms with Gasteiger partial charge in [-0.15, -0.1) is 0 Å². The van der Waals surface area contributed by atoms with Crippen LogP contribution in [0.2, 0.25) is 5.02 Å². The summed E-state index contributed by atoms with van der Waals surface area (Å²) in [5.41, 5.74) is -8.53. The number of rotatable bonds is 6. The molecule has 37 heavy (non-hydrogen) atoms. The van der Waals surface area contributed by atoms with Crippen molar-refractivity contribution in [3.63, 3.8) is 0 Å². The summed E-state index contributed by atoms with van der Waals surface area (Å²) in [4.78, 5) is 28.4. The molecule has 206 valence electrons. The van der Waals surface area contributed by atoms with Crippen molar-refractivity contribution in [1.29, 1.82) is 0 Å². The Hall–Kier alpha value is -2.53. The van der Waals surface area contributed by atoms with E-state index in [1.165, 1.54) is 6.92 Å². The van der Waals surface area contributed by atoms with Crippen LogP contribution in [0.4, 0.5) is 51.1 Å². The number of ether oxygens (including phenoxy) is 2. The van der Waals surface area contributed by atoms with Gasteiger partial charge in [0.25, 0.3) is 5.56 Å². The topological polar surface area (TPSA) is 73.7 Å². The molecule has 1 aromatic carbocycles. The van der Waals surface area contributed by atoms with Crippen molar-refractivity contribution in [2.75, 3.05) is 19.1 Å². The number of esters is 1. The molecule has 0 aliphatic carbocycles. The highest BCUT2D eigenvalue weighted by Gasteiger charge is 2.44. The van der Waals surface area contributed by atoms with E-state index in [9.17, 15) is 49.1 Å². The van der Waals surface area contributed by atoms with Crippen molar-refractivity contribution < 1.29 is 53.8 Å². The minimum atomic E-state index is -5.41. The summed E-state index contributed by atoms with van der Waals surface area (Å²) in [6.07, 6.45) is -18.5. The van der Waals surface area contributed by atoms with Gasteiger partial charge in [-0.3, -0.25) is 14.3 Å². The predicted molar refractivity (Wildman–Crippen MR) is 113 cm³/mol. The average Bonchev–Trinajstić information content (AvgIpc) is 2.76. The zero-order valence-electron chi connectivity index (χ0n) is 18.6. The maximum Gasteiger partial charge on any atom is 0.435 e. The molecule has 2 aromatic rings. The minimum absolute atomic E-state index is 0.0995. The van der Waals surface area contributed by atoms with Gasteiger partial charge in [-0.1, -0.05) is 11.6 Å². The fraction of sp³-hybridized carbons (Fsp3) is 0.421. The summed E-state index contributed by atoms with van der Waals surface area (Å²) in [6, 6.07) is -0.155. The third-order valence-corrected chi connectivity index (χ3v) is 5.87. The Labute approximate surface area is 214 Å². The third-order valence-electron chi connectivity index (χ3n) is 4.70. The molecule has 0 amide bonds. The van der Waals surface area contributed by atoms with Crippen LogP contribution in [0.3, 0.4) is 0 Å². The van der Waals surface area contributed by atoms with Gasteiger partial charge in [-0.05, 0) is 35.0 Å². The summed E-state index contributed by atoms with van der Waals surface area (Å²) < 4.78 is 131. The first-order chi connectivity index (χ1) is 16.8. The monoisotopic (exact) mass is 633 g/mol. The van der Waals surface area contributed by atoms with E-state index in [1.54, 1.807) is 0 Å². The summed E-state index contributed by atoms with van der Waals surface area (Å²) in [5.74, 6) is -2.68. The zero-order valence-corrected chi connectivity index (χ0v) is 20.9. The summed E-state index contributed by atoms with van der Waals surface area (Å²) in [5, 5.41) is -1.43. The second-order valence-electron chi connectivity index (χ2n) is 6.96. The van der Waals surface area contributed by atoms with E-state index in [1.807, 2.05) is 0 Å². The number of carbonyl (C=O) groups excluding carboxylic acids is 1. The Bertz CT molecular complexity index is 1250. The average molecular weight is 635 g/mol. The molecule has 1 heterocycles. The molecule has 1 aromatic heterocycles. The highest BCUT2D eigenvalue weighted by Crippen LogP contribution is 2.46. The smallest absolute Gasteiger partial charge is 0.435 e. The van der Waals surface area contributed by atoms with E-state index in [4.69, 9.17) is 16.3 Å². The molecule has 0 fully saturated rings. The van der Waals surface area contributed by atoms with Crippen molar-refractivity contribution >= 4 is 45.1 Å². The van der Waals surface area contributed by atoms with Gasteiger partial charge in [-0.2, -0.15) is 39.5 Å². The Morgan fingerprint density at radius 3 is 2.05 bits per heavy atom. The lowest BCUT2D eigenvalue weighted by Crippen LogP contribution is -2.44. The van der Waals surface area contributed by atoms with Crippen molar-refractivity contribution in [3.8, 4) is 0 Å². The molecule has 18 heteroatoms. The van der Waals surface area contributed by atoms with Crippen LogP contribution in [0.15, 0.2) is 21.4 Å². The van der Waals surface area contributed by atoms with Crippen LogP contribution in [0.1, 0.15) is 23.7 Å². The Morgan fingerprint density at radius 1 is 1.08 bits per heavy atom. The first kappa shape index (κ1) is 30.7. The molecule has 0 bridgehead atoms. The number of aromatic nitrogens is 2. The van der Waals surface area contributed by atoms with Crippen LogP contribution in [-0.2, 0) is 39.3 Å². The van der Waals surface area contributed by atoms with Gasteiger partial charge < -0.3 is 9.47 Å². The Morgan fingerprint density at radius 2 is 1.65 bits per heavy atom. The molecule has 0 radical (unpaired) electrons. The summed E-state index contributed by atoms with van der Waals surface area (Å²) >= 11 is 8.05. The molecule has 1 atom stereocenters. The van der Waals surface area contributed by atoms with Gasteiger partial charge in [-0.25, -0.2) is 9.78 Å². The van der Waals surface area contributed by atoms with E-state index >= 15 is 0 Å². The lowest BCUT2D eigenvalue weighted by atomic mass is 10.1. The number of hydrogen-bond donors (Lipinski definition) is 0. The van der Waals surface area contributed by atoms with E-state index in [-0.39, 0.29) is 17.0 Å². The Balaban J connectivity index is 3.20. The Kier molecular flexibility index (Phi) is 8.86. The van der Waals surface area contributed by atoms with Crippen LogP contribution in [0.5, 0.6) is 0 Å². The van der Waals surface area contributed by atoms with Crippen molar-refractivity contribution in [3.05, 3.63) is 48.8 Å². The highest BCUT2D eigenvalue weighted by atomic mass is 79.9. The first-order valence-corrected chi connectivity index (χ1v) is 10.7. The number of anilines is 2. The SMILES string of the molecule is CCn1c(N(c2cc(C(F)(F)F)cc(C(F)(F)F)c2Br)C(OC)C(=O)OC)nc(C(F)(F)F)c(Cl)c1=O. The standard InChI is InChI=1S/C19H14BrClF9N3O4/c1-4-32-13(34)11(21)12(19(28,29)30)31-16(32)33(14(36-2)15(35)37-3)9-6-7(17(22,23)24)5-8(10(9)20)18(25,26)27/h5-6,14H,4H2,1-3H3. The van der Waals surface area contributed by atoms with E-state index in [2.05, 4.69) is 25.7 Å². The van der Waals surface area contributed by atoms with Crippen molar-refractivity contribution in [2.24, 2.45) is 0 Å². The van der Waals surface area contributed by atoms with E-state index < -0.39 is 80.8 Å².